The molecule has 0 aromatic heterocycles. The lowest BCUT2D eigenvalue weighted by Gasteiger charge is -2.22. The summed E-state index contributed by atoms with van der Waals surface area (Å²) in [5.41, 5.74) is 0.714. The van der Waals surface area contributed by atoms with Crippen LogP contribution in [-0.4, -0.2) is 18.4 Å². The van der Waals surface area contributed by atoms with Gasteiger partial charge in [-0.1, -0.05) is 6.07 Å². The number of ketones is 1. The zero-order valence-electron chi connectivity index (χ0n) is 9.30. The molecule has 1 aliphatic rings. The van der Waals surface area contributed by atoms with Crippen molar-refractivity contribution < 1.29 is 13.6 Å². The summed E-state index contributed by atoms with van der Waals surface area (Å²) in [6.45, 7) is 0.674. The minimum absolute atomic E-state index is 0. The molecule has 17 heavy (non-hydrogen) atoms. The van der Waals surface area contributed by atoms with Crippen molar-refractivity contribution in [2.24, 2.45) is 0 Å². The van der Waals surface area contributed by atoms with Gasteiger partial charge in [0.1, 0.15) is 5.78 Å². The summed E-state index contributed by atoms with van der Waals surface area (Å²) in [4.78, 5) is 11.2. The zero-order valence-corrected chi connectivity index (χ0v) is 10.3. The summed E-state index contributed by atoms with van der Waals surface area (Å²) < 4.78 is 25.6. The third-order valence-corrected chi connectivity index (χ3v) is 2.78. The van der Waals surface area contributed by atoms with E-state index in [1.54, 1.807) is 6.07 Å². The Morgan fingerprint density at radius 3 is 2.71 bits per heavy atom. The highest BCUT2D eigenvalue weighted by molar-refractivity contribution is 7.59. The van der Waals surface area contributed by atoms with Crippen molar-refractivity contribution in [1.29, 1.82) is 0 Å². The monoisotopic (exact) mass is 259 g/mol. The molecule has 94 valence electrons. The number of hydrogen-bond donors (Lipinski definition) is 1. The molecule has 0 spiro atoms. The Labute approximate surface area is 106 Å². The second-order valence-electron chi connectivity index (χ2n) is 4.10. The number of carbonyl (C=O) groups excluding carboxylic acids is 1. The van der Waals surface area contributed by atoms with Crippen LogP contribution in [-0.2, 0) is 11.2 Å². The first-order chi connectivity index (χ1) is 7.65. The molecule has 1 aromatic rings. The molecule has 0 radical (unpaired) electrons. The SMILES string of the molecule is O=C1CCNC(Cc2ccc(F)c(F)c2)C1.S. The average Bonchev–Trinajstić information content (AvgIpc) is 2.24. The van der Waals surface area contributed by atoms with Crippen molar-refractivity contribution in [3.8, 4) is 0 Å². The normalized spacial score (nSPS) is 19.9. The summed E-state index contributed by atoms with van der Waals surface area (Å²) in [6, 6.07) is 3.91. The first kappa shape index (κ1) is 14.1. The summed E-state index contributed by atoms with van der Waals surface area (Å²) in [7, 11) is 0. The Balaban J connectivity index is 0.00000144. The van der Waals surface area contributed by atoms with Gasteiger partial charge in [-0.25, -0.2) is 8.78 Å². The topological polar surface area (TPSA) is 29.1 Å². The van der Waals surface area contributed by atoms with Crippen LogP contribution in [0.3, 0.4) is 0 Å². The highest BCUT2D eigenvalue weighted by atomic mass is 32.1. The maximum atomic E-state index is 12.9. The van der Waals surface area contributed by atoms with Crippen LogP contribution < -0.4 is 5.32 Å². The lowest BCUT2D eigenvalue weighted by atomic mass is 9.97. The summed E-state index contributed by atoms with van der Waals surface area (Å²) >= 11 is 0. The molecule has 1 unspecified atom stereocenters. The van der Waals surface area contributed by atoms with Crippen molar-refractivity contribution in [2.45, 2.75) is 25.3 Å². The fourth-order valence-corrected chi connectivity index (χ4v) is 1.96. The van der Waals surface area contributed by atoms with E-state index in [0.29, 0.717) is 31.4 Å². The third kappa shape index (κ3) is 3.78. The molecule has 0 saturated carbocycles. The van der Waals surface area contributed by atoms with E-state index in [1.165, 1.54) is 6.07 Å². The molecule has 1 N–H and O–H groups in total. The van der Waals surface area contributed by atoms with Crippen LogP contribution in [0.4, 0.5) is 8.78 Å². The van der Waals surface area contributed by atoms with Crippen molar-refractivity contribution in [2.75, 3.05) is 6.54 Å². The number of rotatable bonds is 2. The molecule has 1 aromatic carbocycles. The highest BCUT2D eigenvalue weighted by Crippen LogP contribution is 2.13. The van der Waals surface area contributed by atoms with Crippen molar-refractivity contribution >= 4 is 19.3 Å². The quantitative estimate of drug-likeness (QED) is 0.879. The number of carbonyl (C=O) groups is 1. The van der Waals surface area contributed by atoms with Gasteiger partial charge in [-0.15, -0.1) is 0 Å². The molecule has 0 amide bonds. The summed E-state index contributed by atoms with van der Waals surface area (Å²) in [6.07, 6.45) is 1.59. The number of nitrogens with one attached hydrogen (secondary N) is 1. The second kappa shape index (κ2) is 6.12. The van der Waals surface area contributed by atoms with Crippen molar-refractivity contribution in [3.05, 3.63) is 35.4 Å². The Hall–Kier alpha value is -0.940. The van der Waals surface area contributed by atoms with Gasteiger partial charge < -0.3 is 5.32 Å². The van der Waals surface area contributed by atoms with E-state index in [1.807, 2.05) is 0 Å². The van der Waals surface area contributed by atoms with Gasteiger partial charge in [-0.2, -0.15) is 13.5 Å². The van der Waals surface area contributed by atoms with Crippen LogP contribution in [0, 0.1) is 11.6 Å². The van der Waals surface area contributed by atoms with E-state index in [-0.39, 0.29) is 25.3 Å². The maximum absolute atomic E-state index is 12.9. The molecular formula is C12H15F2NOS. The van der Waals surface area contributed by atoms with Crippen molar-refractivity contribution in [1.82, 2.24) is 5.32 Å². The van der Waals surface area contributed by atoms with Crippen LogP contribution in [0.25, 0.3) is 0 Å². The van der Waals surface area contributed by atoms with Gasteiger partial charge in [0.25, 0.3) is 0 Å². The van der Waals surface area contributed by atoms with Gasteiger partial charge >= 0.3 is 0 Å². The number of halogens is 2. The van der Waals surface area contributed by atoms with Crippen LogP contribution in [0.15, 0.2) is 18.2 Å². The predicted octanol–water partition coefficient (Wildman–Crippen LogP) is 1.94. The fraction of sp³-hybridized carbons (Fsp3) is 0.417. The smallest absolute Gasteiger partial charge is 0.159 e. The van der Waals surface area contributed by atoms with E-state index >= 15 is 0 Å². The van der Waals surface area contributed by atoms with Crippen LogP contribution in [0.5, 0.6) is 0 Å². The van der Waals surface area contributed by atoms with E-state index < -0.39 is 11.6 Å². The largest absolute Gasteiger partial charge is 0.313 e. The van der Waals surface area contributed by atoms with Crippen LogP contribution >= 0.6 is 13.5 Å². The molecule has 1 heterocycles. The minimum Gasteiger partial charge on any atom is -0.313 e. The standard InChI is InChI=1S/C12H13F2NO.H2S/c13-11-2-1-8(6-12(11)14)5-9-7-10(16)3-4-15-9;/h1-2,6,9,15H,3-5,7H2;1H2. The molecule has 1 aliphatic heterocycles. The zero-order chi connectivity index (χ0) is 11.5. The first-order valence-corrected chi connectivity index (χ1v) is 5.34. The summed E-state index contributed by atoms with van der Waals surface area (Å²) in [5, 5.41) is 3.20. The van der Waals surface area contributed by atoms with Gasteiger partial charge in [-0.05, 0) is 24.1 Å². The molecular weight excluding hydrogens is 244 g/mol. The number of piperidine rings is 1. The number of hydrogen-bond acceptors (Lipinski definition) is 2. The van der Waals surface area contributed by atoms with Gasteiger partial charge in [0, 0.05) is 25.4 Å². The number of benzene rings is 1. The molecule has 0 bridgehead atoms. The first-order valence-electron chi connectivity index (χ1n) is 5.34. The lowest BCUT2D eigenvalue weighted by molar-refractivity contribution is -0.120. The Bertz CT molecular complexity index is 411. The Morgan fingerprint density at radius 1 is 1.29 bits per heavy atom. The van der Waals surface area contributed by atoms with E-state index in [2.05, 4.69) is 5.32 Å². The molecule has 1 atom stereocenters. The molecule has 1 fully saturated rings. The highest BCUT2D eigenvalue weighted by Gasteiger charge is 2.19. The Kier molecular flexibility index (Phi) is 5.08. The van der Waals surface area contributed by atoms with Gasteiger partial charge in [-0.3, -0.25) is 4.79 Å². The van der Waals surface area contributed by atoms with Crippen LogP contribution in [0.2, 0.25) is 0 Å². The van der Waals surface area contributed by atoms with Gasteiger partial charge in [0.15, 0.2) is 11.6 Å². The summed E-state index contributed by atoms with van der Waals surface area (Å²) in [5.74, 6) is -1.44. The average molecular weight is 259 g/mol. The van der Waals surface area contributed by atoms with E-state index in [9.17, 15) is 13.6 Å². The fourth-order valence-electron chi connectivity index (χ4n) is 1.96. The molecule has 1 saturated heterocycles. The van der Waals surface area contributed by atoms with E-state index in [0.717, 1.165) is 6.07 Å². The number of Topliss-reactive ketones (excluding diaryl/α,β-unsaturated/α-hetero) is 1. The van der Waals surface area contributed by atoms with Gasteiger partial charge in [0.2, 0.25) is 0 Å². The third-order valence-electron chi connectivity index (χ3n) is 2.78. The van der Waals surface area contributed by atoms with Gasteiger partial charge in [0.05, 0.1) is 0 Å². The second-order valence-corrected chi connectivity index (χ2v) is 4.10. The lowest BCUT2D eigenvalue weighted by Crippen LogP contribution is -2.39. The minimum atomic E-state index is -0.837. The molecule has 0 aliphatic carbocycles. The van der Waals surface area contributed by atoms with Crippen LogP contribution in [0.1, 0.15) is 18.4 Å². The molecule has 5 heteroatoms. The Morgan fingerprint density at radius 2 is 2.06 bits per heavy atom. The molecule has 2 nitrogen and oxygen atoms in total. The maximum Gasteiger partial charge on any atom is 0.159 e. The van der Waals surface area contributed by atoms with E-state index in [4.69, 9.17) is 0 Å². The predicted molar refractivity (Wildman–Crippen MR) is 66.5 cm³/mol. The van der Waals surface area contributed by atoms with Crippen molar-refractivity contribution in [3.63, 3.8) is 0 Å². The molecule has 2 rings (SSSR count).